The normalized spacial score (nSPS) is 15.2. The van der Waals surface area contributed by atoms with Crippen molar-refractivity contribution in [2.45, 2.75) is 25.7 Å². The highest BCUT2D eigenvalue weighted by Gasteiger charge is 2.28. The third-order valence-corrected chi connectivity index (χ3v) is 4.96. The predicted molar refractivity (Wildman–Crippen MR) is 102 cm³/mol. The van der Waals surface area contributed by atoms with Crippen molar-refractivity contribution >= 4 is 34.2 Å². The summed E-state index contributed by atoms with van der Waals surface area (Å²) in [4.78, 5) is 28.9. The number of carbonyl (C=O) groups is 2. The van der Waals surface area contributed by atoms with Gasteiger partial charge in [0.1, 0.15) is 12.6 Å². The highest BCUT2D eigenvalue weighted by atomic mass is 16.3. The molecule has 27 heavy (non-hydrogen) atoms. The van der Waals surface area contributed by atoms with E-state index in [0.29, 0.717) is 29.1 Å². The number of ketones is 1. The highest BCUT2D eigenvalue weighted by Crippen LogP contribution is 2.27. The Morgan fingerprint density at radius 3 is 2.70 bits per heavy atom. The van der Waals surface area contributed by atoms with E-state index in [1.807, 2.05) is 35.9 Å². The third-order valence-electron chi connectivity index (χ3n) is 4.96. The molecule has 2 heterocycles. The van der Waals surface area contributed by atoms with Crippen molar-refractivity contribution in [3.05, 3.63) is 59.5 Å². The molecule has 0 spiro atoms. The van der Waals surface area contributed by atoms with Gasteiger partial charge in [-0.3, -0.25) is 9.59 Å². The molecule has 4 rings (SSSR count). The van der Waals surface area contributed by atoms with Crippen LogP contribution in [0.2, 0.25) is 0 Å². The van der Waals surface area contributed by atoms with Gasteiger partial charge in [-0.05, 0) is 37.1 Å². The quantitative estimate of drug-likeness (QED) is 0.707. The third kappa shape index (κ3) is 3.14. The highest BCUT2D eigenvalue weighted by molar-refractivity contribution is 6.03. The first-order valence-electron chi connectivity index (χ1n) is 8.97. The summed E-state index contributed by atoms with van der Waals surface area (Å²) in [6, 6.07) is 12.6. The first-order chi connectivity index (χ1) is 13.0. The van der Waals surface area contributed by atoms with Crippen LogP contribution in [-0.2, 0) is 0 Å². The van der Waals surface area contributed by atoms with E-state index >= 15 is 0 Å². The number of para-hydroxylation sites is 2. The number of nitrogens with two attached hydrogens (primary N) is 1. The molecule has 0 unspecified atom stereocenters. The maximum atomic E-state index is 12.6. The molecule has 136 valence electrons. The van der Waals surface area contributed by atoms with E-state index < -0.39 is 5.91 Å². The minimum Gasteiger partial charge on any atom is -0.432 e. The van der Waals surface area contributed by atoms with Crippen molar-refractivity contribution in [1.29, 1.82) is 0 Å². The number of primary amides is 1. The molecule has 0 saturated carbocycles. The average molecular weight is 362 g/mol. The van der Waals surface area contributed by atoms with Gasteiger partial charge in [0.25, 0.3) is 5.89 Å². The summed E-state index contributed by atoms with van der Waals surface area (Å²) in [5.74, 6) is 0.0668. The second-order valence-corrected chi connectivity index (χ2v) is 6.72. The van der Waals surface area contributed by atoms with Crippen LogP contribution in [0.5, 0.6) is 0 Å². The molecule has 0 saturated heterocycles. The number of amides is 1. The number of benzene rings is 2. The number of Topliss-reactive ketones (excluding diaryl/α,β-unsaturated/α-hetero) is 1. The van der Waals surface area contributed by atoms with E-state index in [4.69, 9.17) is 10.2 Å². The Bertz CT molecular complexity index is 1060. The maximum absolute atomic E-state index is 12.6. The Morgan fingerprint density at radius 2 is 1.93 bits per heavy atom. The van der Waals surface area contributed by atoms with Crippen LogP contribution in [0.1, 0.15) is 52.3 Å². The SMILES string of the molecule is C[N+]1=C(c2nc3ccccc3o2)CCCCC(=O)c2ccc(C(N)=O)cc21. The van der Waals surface area contributed by atoms with E-state index in [1.54, 1.807) is 18.2 Å². The Hall–Kier alpha value is -3.28. The molecule has 0 atom stereocenters. The van der Waals surface area contributed by atoms with Gasteiger partial charge in [0.2, 0.25) is 17.3 Å². The van der Waals surface area contributed by atoms with Gasteiger partial charge >= 0.3 is 0 Å². The molecule has 6 heteroatoms. The van der Waals surface area contributed by atoms with Crippen molar-refractivity contribution in [3.63, 3.8) is 0 Å². The van der Waals surface area contributed by atoms with Gasteiger partial charge in [0.15, 0.2) is 11.4 Å². The summed E-state index contributed by atoms with van der Waals surface area (Å²) in [6.45, 7) is 0. The van der Waals surface area contributed by atoms with Crippen molar-refractivity contribution < 1.29 is 18.6 Å². The van der Waals surface area contributed by atoms with Crippen LogP contribution < -0.4 is 5.73 Å². The number of nitrogens with zero attached hydrogens (tertiary/aromatic N) is 2. The summed E-state index contributed by atoms with van der Waals surface area (Å²) in [7, 11) is 1.87. The molecule has 0 radical (unpaired) electrons. The van der Waals surface area contributed by atoms with Crippen LogP contribution in [0.3, 0.4) is 0 Å². The van der Waals surface area contributed by atoms with Gasteiger partial charge in [-0.2, -0.15) is 4.58 Å². The first-order valence-corrected chi connectivity index (χ1v) is 8.97. The summed E-state index contributed by atoms with van der Waals surface area (Å²) >= 11 is 0. The minimum absolute atomic E-state index is 0.0617. The van der Waals surface area contributed by atoms with Gasteiger partial charge in [-0.1, -0.05) is 12.1 Å². The Morgan fingerprint density at radius 1 is 1.15 bits per heavy atom. The summed E-state index contributed by atoms with van der Waals surface area (Å²) in [5.41, 5.74) is 9.42. The van der Waals surface area contributed by atoms with Gasteiger partial charge < -0.3 is 10.2 Å². The van der Waals surface area contributed by atoms with E-state index in [0.717, 1.165) is 36.1 Å². The zero-order valence-corrected chi connectivity index (χ0v) is 15.1. The number of hydrogen-bond donors (Lipinski definition) is 1. The zero-order valence-electron chi connectivity index (χ0n) is 15.1. The molecular formula is C21H20N3O3+. The molecule has 1 amide bonds. The van der Waals surface area contributed by atoms with Crippen LogP contribution in [0.15, 0.2) is 46.9 Å². The Labute approximate surface area is 156 Å². The second-order valence-electron chi connectivity index (χ2n) is 6.72. The number of carbonyl (C=O) groups excluding carboxylic acids is 2. The number of aromatic nitrogens is 1. The molecule has 2 aromatic carbocycles. The van der Waals surface area contributed by atoms with Crippen molar-refractivity contribution in [2.24, 2.45) is 5.73 Å². The standard InChI is InChI=1S/C21H19N3O3/c1-24-16(21-23-15-6-2-5-9-19(15)27-21)7-3-4-8-18(25)14-11-10-13(20(22)26)12-17(14)24/h2,5-6,9-12H,3-4,7-8H2,1H3,(H-,22,26)/p+1. The molecule has 1 aliphatic rings. The van der Waals surface area contributed by atoms with Crippen LogP contribution >= 0.6 is 0 Å². The van der Waals surface area contributed by atoms with Crippen LogP contribution in [0.25, 0.3) is 11.1 Å². The lowest BCUT2D eigenvalue weighted by atomic mass is 10.0. The fourth-order valence-corrected chi connectivity index (χ4v) is 3.47. The molecule has 0 bridgehead atoms. The van der Waals surface area contributed by atoms with Crippen molar-refractivity contribution in [1.82, 2.24) is 4.98 Å². The smallest absolute Gasteiger partial charge is 0.289 e. The van der Waals surface area contributed by atoms with E-state index in [1.165, 1.54) is 0 Å². The Balaban J connectivity index is 1.94. The largest absolute Gasteiger partial charge is 0.432 e. The molecule has 2 N–H and O–H groups in total. The molecule has 1 aromatic heterocycles. The van der Waals surface area contributed by atoms with Gasteiger partial charge in [-0.25, -0.2) is 4.98 Å². The van der Waals surface area contributed by atoms with Crippen molar-refractivity contribution in [2.75, 3.05) is 7.05 Å². The lowest BCUT2D eigenvalue weighted by Gasteiger charge is -2.07. The lowest BCUT2D eigenvalue weighted by Crippen LogP contribution is -2.18. The number of fused-ring (bicyclic) bond motifs is 2. The summed E-state index contributed by atoms with van der Waals surface area (Å²) in [6.07, 6.45) is 2.82. The second kappa shape index (κ2) is 6.79. The van der Waals surface area contributed by atoms with Crippen LogP contribution in [0, 0.1) is 0 Å². The molecule has 0 aliphatic carbocycles. The maximum Gasteiger partial charge on any atom is 0.289 e. The number of oxazole rings is 1. The van der Waals surface area contributed by atoms with Crippen LogP contribution in [-0.4, -0.2) is 34.0 Å². The fraction of sp³-hybridized carbons (Fsp3) is 0.238. The Kier molecular flexibility index (Phi) is 4.32. The fourth-order valence-electron chi connectivity index (χ4n) is 3.47. The van der Waals surface area contributed by atoms with E-state index in [9.17, 15) is 9.59 Å². The minimum atomic E-state index is -0.526. The summed E-state index contributed by atoms with van der Waals surface area (Å²) in [5, 5.41) is 0. The van der Waals surface area contributed by atoms with E-state index in [-0.39, 0.29) is 5.78 Å². The molecular weight excluding hydrogens is 342 g/mol. The van der Waals surface area contributed by atoms with Crippen molar-refractivity contribution in [3.8, 4) is 0 Å². The topological polar surface area (TPSA) is 89.2 Å². The average Bonchev–Trinajstić information content (AvgIpc) is 3.11. The molecule has 0 fully saturated rings. The van der Waals surface area contributed by atoms with E-state index in [2.05, 4.69) is 4.98 Å². The zero-order chi connectivity index (χ0) is 19.0. The lowest BCUT2D eigenvalue weighted by molar-refractivity contribution is -0.406. The number of hydrogen-bond acceptors (Lipinski definition) is 4. The summed E-state index contributed by atoms with van der Waals surface area (Å²) < 4.78 is 7.87. The van der Waals surface area contributed by atoms with Gasteiger partial charge in [0.05, 0.1) is 5.56 Å². The predicted octanol–water partition coefficient (Wildman–Crippen LogP) is 3.45. The van der Waals surface area contributed by atoms with Gasteiger partial charge in [0, 0.05) is 24.5 Å². The molecule has 3 aromatic rings. The first kappa shape index (κ1) is 17.1. The van der Waals surface area contributed by atoms with Crippen LogP contribution in [0.4, 0.5) is 5.69 Å². The monoisotopic (exact) mass is 362 g/mol. The molecule has 6 nitrogen and oxygen atoms in total. The van der Waals surface area contributed by atoms with Gasteiger partial charge in [-0.15, -0.1) is 0 Å². The number of rotatable bonds is 2. The molecule has 1 aliphatic heterocycles.